The van der Waals surface area contributed by atoms with E-state index >= 15 is 0 Å². The van der Waals surface area contributed by atoms with Crippen LogP contribution in [0.4, 0.5) is 5.69 Å². The number of carbonyl (C=O) groups is 1. The summed E-state index contributed by atoms with van der Waals surface area (Å²) in [5, 5.41) is 0.690. The number of benzene rings is 2. The van der Waals surface area contributed by atoms with Gasteiger partial charge in [-0.25, -0.2) is 0 Å². The molecule has 0 aliphatic carbocycles. The van der Waals surface area contributed by atoms with Gasteiger partial charge in [0.15, 0.2) is 0 Å². The maximum atomic E-state index is 13.2. The monoisotopic (exact) mass is 341 g/mol. The van der Waals surface area contributed by atoms with Crippen molar-refractivity contribution in [3.63, 3.8) is 0 Å². The highest BCUT2D eigenvalue weighted by atomic mass is 35.5. The highest BCUT2D eigenvalue weighted by Crippen LogP contribution is 2.39. The lowest BCUT2D eigenvalue weighted by Crippen LogP contribution is -2.26. The summed E-state index contributed by atoms with van der Waals surface area (Å²) in [6.07, 6.45) is 0.975. The first-order valence-electron chi connectivity index (χ1n) is 8.68. The molecule has 1 fully saturated rings. The van der Waals surface area contributed by atoms with Crippen molar-refractivity contribution in [2.45, 2.75) is 39.0 Å². The maximum Gasteiger partial charge on any atom is 0.234 e. The molecule has 2 unspecified atom stereocenters. The van der Waals surface area contributed by atoms with Gasteiger partial charge in [-0.2, -0.15) is 0 Å². The molecule has 1 aliphatic rings. The van der Waals surface area contributed by atoms with Crippen LogP contribution in [-0.2, 0) is 4.79 Å². The van der Waals surface area contributed by atoms with Gasteiger partial charge in [-0.1, -0.05) is 63.1 Å². The molecule has 0 radical (unpaired) electrons. The van der Waals surface area contributed by atoms with E-state index in [1.54, 1.807) is 0 Å². The van der Waals surface area contributed by atoms with Gasteiger partial charge >= 0.3 is 0 Å². The average molecular weight is 342 g/mol. The van der Waals surface area contributed by atoms with Crippen molar-refractivity contribution in [2.75, 3.05) is 11.4 Å². The van der Waals surface area contributed by atoms with Crippen LogP contribution < -0.4 is 4.90 Å². The molecule has 3 heteroatoms. The minimum Gasteiger partial charge on any atom is -0.312 e. The number of hydrogen-bond acceptors (Lipinski definition) is 1. The van der Waals surface area contributed by atoms with Gasteiger partial charge in [-0.15, -0.1) is 0 Å². The van der Waals surface area contributed by atoms with Crippen molar-refractivity contribution >= 4 is 23.2 Å². The predicted octanol–water partition coefficient (Wildman–Crippen LogP) is 5.62. The number of carbonyl (C=O) groups excluding carboxylic acids is 1. The Balaban J connectivity index is 1.95. The third-order valence-corrected chi connectivity index (χ3v) is 5.24. The fraction of sp³-hybridized carbons (Fsp3) is 0.381. The van der Waals surface area contributed by atoms with Crippen molar-refractivity contribution in [1.82, 2.24) is 0 Å². The van der Waals surface area contributed by atoms with Gasteiger partial charge in [0.1, 0.15) is 0 Å². The van der Waals surface area contributed by atoms with E-state index < -0.39 is 0 Å². The van der Waals surface area contributed by atoms with Crippen LogP contribution in [-0.4, -0.2) is 12.5 Å². The second-order valence-electron chi connectivity index (χ2n) is 6.90. The lowest BCUT2D eigenvalue weighted by Gasteiger charge is -2.19. The van der Waals surface area contributed by atoms with E-state index in [2.05, 4.69) is 32.9 Å². The van der Waals surface area contributed by atoms with Gasteiger partial charge in [0.05, 0.1) is 5.92 Å². The van der Waals surface area contributed by atoms with Crippen LogP contribution in [0.2, 0.25) is 5.02 Å². The van der Waals surface area contributed by atoms with Crippen molar-refractivity contribution in [2.24, 2.45) is 5.92 Å². The Kier molecular flexibility index (Phi) is 4.96. The number of rotatable bonds is 4. The molecule has 1 aliphatic heterocycles. The van der Waals surface area contributed by atoms with E-state index in [9.17, 15) is 4.79 Å². The first-order valence-corrected chi connectivity index (χ1v) is 9.05. The molecule has 0 bridgehead atoms. The van der Waals surface area contributed by atoms with Gasteiger partial charge in [0.2, 0.25) is 5.91 Å². The predicted molar refractivity (Wildman–Crippen MR) is 101 cm³/mol. The summed E-state index contributed by atoms with van der Waals surface area (Å²) in [5.74, 6) is 0.855. The number of nitrogens with zero attached hydrogens (tertiary/aromatic N) is 1. The molecule has 2 aromatic carbocycles. The molecule has 1 heterocycles. The Bertz CT molecular complexity index is 740. The standard InChI is InChI=1S/C21H24ClNO/c1-4-15-13-23(19-10-6-7-16(12-19)14(2)3)21(24)20(15)17-8-5-9-18(22)11-17/h5-12,14-15,20H,4,13H2,1-3H3. The van der Waals surface area contributed by atoms with Crippen LogP contribution in [0.15, 0.2) is 48.5 Å². The van der Waals surface area contributed by atoms with E-state index in [0.29, 0.717) is 16.9 Å². The number of halogens is 1. The molecule has 0 N–H and O–H groups in total. The van der Waals surface area contributed by atoms with Crippen molar-refractivity contribution in [3.8, 4) is 0 Å². The summed E-state index contributed by atoms with van der Waals surface area (Å²) in [7, 11) is 0. The molecule has 3 rings (SSSR count). The summed E-state index contributed by atoms with van der Waals surface area (Å²) in [6.45, 7) is 7.28. The number of anilines is 1. The van der Waals surface area contributed by atoms with Crippen molar-refractivity contribution in [1.29, 1.82) is 0 Å². The molecular weight excluding hydrogens is 318 g/mol. The minimum atomic E-state index is -0.101. The van der Waals surface area contributed by atoms with E-state index in [1.165, 1.54) is 5.56 Å². The van der Waals surface area contributed by atoms with Crippen LogP contribution in [0.1, 0.15) is 50.2 Å². The second kappa shape index (κ2) is 6.98. The van der Waals surface area contributed by atoms with Crippen molar-refractivity contribution in [3.05, 3.63) is 64.7 Å². The normalized spacial score (nSPS) is 20.9. The number of hydrogen-bond donors (Lipinski definition) is 0. The van der Waals surface area contributed by atoms with Gasteiger partial charge in [0.25, 0.3) is 0 Å². The van der Waals surface area contributed by atoms with E-state index in [0.717, 1.165) is 24.2 Å². The quantitative estimate of drug-likeness (QED) is 0.706. The SMILES string of the molecule is CCC1CN(c2cccc(C(C)C)c2)C(=O)C1c1cccc(Cl)c1. The Morgan fingerprint density at radius 1 is 1.17 bits per heavy atom. The maximum absolute atomic E-state index is 13.2. The topological polar surface area (TPSA) is 20.3 Å². The highest BCUT2D eigenvalue weighted by Gasteiger charge is 2.41. The van der Waals surface area contributed by atoms with E-state index in [1.807, 2.05) is 41.3 Å². The highest BCUT2D eigenvalue weighted by molar-refractivity contribution is 6.30. The molecule has 0 saturated carbocycles. The molecule has 1 amide bonds. The molecule has 126 valence electrons. The zero-order chi connectivity index (χ0) is 17.3. The summed E-state index contributed by atoms with van der Waals surface area (Å²) in [6, 6.07) is 16.1. The molecule has 2 nitrogen and oxygen atoms in total. The van der Waals surface area contributed by atoms with Gasteiger partial charge in [0, 0.05) is 17.3 Å². The second-order valence-corrected chi connectivity index (χ2v) is 7.34. The Hall–Kier alpha value is -1.80. The van der Waals surface area contributed by atoms with Crippen molar-refractivity contribution < 1.29 is 4.79 Å². The van der Waals surface area contributed by atoms with Gasteiger partial charge in [-0.3, -0.25) is 4.79 Å². The summed E-state index contributed by atoms with van der Waals surface area (Å²) in [5.41, 5.74) is 3.30. The van der Waals surface area contributed by atoms with Crippen LogP contribution >= 0.6 is 11.6 Å². The van der Waals surface area contributed by atoms with Crippen LogP contribution in [0, 0.1) is 5.92 Å². The fourth-order valence-corrected chi connectivity index (χ4v) is 3.76. The summed E-state index contributed by atoms with van der Waals surface area (Å²) < 4.78 is 0. The Morgan fingerprint density at radius 3 is 2.58 bits per heavy atom. The third-order valence-electron chi connectivity index (χ3n) is 5.00. The third kappa shape index (κ3) is 3.21. The summed E-state index contributed by atoms with van der Waals surface area (Å²) in [4.78, 5) is 15.1. The molecular formula is C21H24ClNO. The molecule has 2 atom stereocenters. The largest absolute Gasteiger partial charge is 0.312 e. The van der Waals surface area contributed by atoms with Crippen LogP contribution in [0.25, 0.3) is 0 Å². The summed E-state index contributed by atoms with van der Waals surface area (Å²) >= 11 is 6.15. The first-order chi connectivity index (χ1) is 11.5. The van der Waals surface area contributed by atoms with Gasteiger partial charge in [-0.05, 0) is 47.2 Å². The first kappa shape index (κ1) is 17.0. The van der Waals surface area contributed by atoms with Crippen LogP contribution in [0.5, 0.6) is 0 Å². The molecule has 24 heavy (non-hydrogen) atoms. The van der Waals surface area contributed by atoms with Crippen LogP contribution in [0.3, 0.4) is 0 Å². The molecule has 2 aromatic rings. The Morgan fingerprint density at radius 2 is 1.92 bits per heavy atom. The Labute approximate surface area is 149 Å². The molecule has 1 saturated heterocycles. The zero-order valence-electron chi connectivity index (χ0n) is 14.5. The average Bonchev–Trinajstić information content (AvgIpc) is 2.91. The van der Waals surface area contributed by atoms with E-state index in [4.69, 9.17) is 11.6 Å². The fourth-order valence-electron chi connectivity index (χ4n) is 3.56. The minimum absolute atomic E-state index is 0.101. The van der Waals surface area contributed by atoms with Gasteiger partial charge < -0.3 is 4.90 Å². The molecule has 0 aromatic heterocycles. The lowest BCUT2D eigenvalue weighted by molar-refractivity contribution is -0.118. The number of amides is 1. The lowest BCUT2D eigenvalue weighted by atomic mass is 9.87. The van der Waals surface area contributed by atoms with E-state index in [-0.39, 0.29) is 11.8 Å². The zero-order valence-corrected chi connectivity index (χ0v) is 15.3. The molecule has 0 spiro atoms. The smallest absolute Gasteiger partial charge is 0.234 e.